The van der Waals surface area contributed by atoms with E-state index in [9.17, 15) is 0 Å². The van der Waals surface area contributed by atoms with Gasteiger partial charge < -0.3 is 10.1 Å². The van der Waals surface area contributed by atoms with E-state index in [1.165, 1.54) is 12.8 Å². The van der Waals surface area contributed by atoms with Crippen LogP contribution in [0.1, 0.15) is 26.7 Å². The zero-order valence-electron chi connectivity index (χ0n) is 9.84. The van der Waals surface area contributed by atoms with E-state index in [1.54, 1.807) is 0 Å². The van der Waals surface area contributed by atoms with Crippen LogP contribution < -0.4 is 5.32 Å². The molecule has 0 aromatic heterocycles. The summed E-state index contributed by atoms with van der Waals surface area (Å²) in [5.41, 5.74) is 0.474. The molecule has 2 heteroatoms. The molecule has 3 aliphatic rings. The maximum Gasteiger partial charge on any atom is 0.0521 e. The Morgan fingerprint density at radius 2 is 2.14 bits per heavy atom. The highest BCUT2D eigenvalue weighted by molar-refractivity contribution is 5.08. The lowest BCUT2D eigenvalue weighted by Crippen LogP contribution is -2.62. The SMILES string of the molecule is CNC1CC2CC(C1C)C2(C)COC. The molecule has 0 spiro atoms. The molecular formula is C12H23NO. The monoisotopic (exact) mass is 197 g/mol. The smallest absolute Gasteiger partial charge is 0.0521 e. The summed E-state index contributed by atoms with van der Waals surface area (Å²) in [5, 5.41) is 3.45. The number of hydrogen-bond acceptors (Lipinski definition) is 2. The lowest BCUT2D eigenvalue weighted by Gasteiger charge is -2.63. The Kier molecular flexibility index (Phi) is 2.61. The predicted octanol–water partition coefficient (Wildman–Crippen LogP) is 1.90. The molecule has 0 aromatic carbocycles. The summed E-state index contributed by atoms with van der Waals surface area (Å²) in [6, 6.07) is 0.740. The van der Waals surface area contributed by atoms with Crippen LogP contribution in [-0.2, 0) is 4.74 Å². The molecule has 3 fully saturated rings. The van der Waals surface area contributed by atoms with Crippen LogP contribution in [0, 0.1) is 23.2 Å². The van der Waals surface area contributed by atoms with Gasteiger partial charge in [-0.3, -0.25) is 0 Å². The maximum absolute atomic E-state index is 5.38. The van der Waals surface area contributed by atoms with Gasteiger partial charge in [-0.1, -0.05) is 13.8 Å². The zero-order chi connectivity index (χ0) is 10.3. The average molecular weight is 197 g/mol. The summed E-state index contributed by atoms with van der Waals surface area (Å²) in [4.78, 5) is 0. The summed E-state index contributed by atoms with van der Waals surface area (Å²) in [6.45, 7) is 5.76. The molecule has 0 heterocycles. The first-order valence-corrected chi connectivity index (χ1v) is 5.79. The van der Waals surface area contributed by atoms with Crippen molar-refractivity contribution < 1.29 is 4.74 Å². The van der Waals surface area contributed by atoms with Crippen molar-refractivity contribution in [3.63, 3.8) is 0 Å². The van der Waals surface area contributed by atoms with Gasteiger partial charge in [-0.25, -0.2) is 0 Å². The number of rotatable bonds is 3. The second kappa shape index (κ2) is 3.49. The van der Waals surface area contributed by atoms with Crippen LogP contribution in [0.4, 0.5) is 0 Å². The van der Waals surface area contributed by atoms with Crippen molar-refractivity contribution in [1.29, 1.82) is 0 Å². The first kappa shape index (κ1) is 10.4. The molecule has 3 aliphatic carbocycles. The van der Waals surface area contributed by atoms with Gasteiger partial charge in [0.05, 0.1) is 6.61 Å². The van der Waals surface area contributed by atoms with Gasteiger partial charge in [-0.15, -0.1) is 0 Å². The number of nitrogens with one attached hydrogen (secondary N) is 1. The van der Waals surface area contributed by atoms with E-state index in [1.807, 2.05) is 7.11 Å². The first-order valence-electron chi connectivity index (χ1n) is 5.79. The Hall–Kier alpha value is -0.0800. The number of hydrogen-bond donors (Lipinski definition) is 1. The Morgan fingerprint density at radius 1 is 1.43 bits per heavy atom. The van der Waals surface area contributed by atoms with Gasteiger partial charge in [0.1, 0.15) is 0 Å². The van der Waals surface area contributed by atoms with E-state index in [0.29, 0.717) is 5.41 Å². The zero-order valence-corrected chi connectivity index (χ0v) is 9.84. The van der Waals surface area contributed by atoms with E-state index in [4.69, 9.17) is 4.74 Å². The Labute approximate surface area is 87.4 Å². The fourth-order valence-electron chi connectivity index (χ4n) is 3.89. The molecule has 3 saturated carbocycles. The Morgan fingerprint density at radius 3 is 2.64 bits per heavy atom. The van der Waals surface area contributed by atoms with E-state index in [-0.39, 0.29) is 0 Å². The quantitative estimate of drug-likeness (QED) is 0.746. The largest absolute Gasteiger partial charge is 0.384 e. The molecule has 0 saturated heterocycles. The molecule has 0 aliphatic heterocycles. The molecule has 14 heavy (non-hydrogen) atoms. The van der Waals surface area contributed by atoms with Gasteiger partial charge in [-0.05, 0) is 43.1 Å². The van der Waals surface area contributed by atoms with Crippen LogP contribution in [0.2, 0.25) is 0 Å². The summed E-state index contributed by atoms with van der Waals surface area (Å²) in [6.07, 6.45) is 2.77. The summed E-state index contributed by atoms with van der Waals surface area (Å²) >= 11 is 0. The lowest BCUT2D eigenvalue weighted by atomic mass is 9.44. The molecule has 1 N–H and O–H groups in total. The van der Waals surface area contributed by atoms with E-state index in [0.717, 1.165) is 30.4 Å². The average Bonchev–Trinajstić information content (AvgIpc) is 2.17. The van der Waals surface area contributed by atoms with Gasteiger partial charge in [0.15, 0.2) is 0 Å². The first-order chi connectivity index (χ1) is 6.63. The van der Waals surface area contributed by atoms with E-state index < -0.39 is 0 Å². The van der Waals surface area contributed by atoms with Gasteiger partial charge in [0.2, 0.25) is 0 Å². The van der Waals surface area contributed by atoms with Crippen molar-refractivity contribution >= 4 is 0 Å². The summed E-state index contributed by atoms with van der Waals surface area (Å²) < 4.78 is 5.38. The molecule has 0 amide bonds. The molecule has 2 nitrogen and oxygen atoms in total. The highest BCUT2D eigenvalue weighted by Crippen LogP contribution is 2.61. The Balaban J connectivity index is 2.07. The van der Waals surface area contributed by atoms with Crippen molar-refractivity contribution in [3.8, 4) is 0 Å². The predicted molar refractivity (Wildman–Crippen MR) is 58.2 cm³/mol. The number of methoxy groups -OCH3 is 1. The minimum atomic E-state index is 0.474. The third-order valence-corrected chi connectivity index (χ3v) is 4.95. The van der Waals surface area contributed by atoms with Crippen molar-refractivity contribution in [2.45, 2.75) is 32.7 Å². The highest BCUT2D eigenvalue weighted by atomic mass is 16.5. The van der Waals surface area contributed by atoms with Crippen molar-refractivity contribution in [2.75, 3.05) is 20.8 Å². The van der Waals surface area contributed by atoms with E-state index in [2.05, 4.69) is 26.2 Å². The third kappa shape index (κ3) is 1.24. The molecule has 3 rings (SSSR count). The summed E-state index contributed by atoms with van der Waals surface area (Å²) in [5.74, 6) is 2.57. The molecule has 5 atom stereocenters. The van der Waals surface area contributed by atoms with Gasteiger partial charge >= 0.3 is 0 Å². The molecule has 5 unspecified atom stereocenters. The lowest BCUT2D eigenvalue weighted by molar-refractivity contribution is -0.157. The van der Waals surface area contributed by atoms with Crippen LogP contribution in [0.5, 0.6) is 0 Å². The molecule has 0 aromatic rings. The number of fused-ring (bicyclic) bond motifs is 2. The van der Waals surface area contributed by atoms with Crippen molar-refractivity contribution in [2.24, 2.45) is 23.2 Å². The van der Waals surface area contributed by atoms with E-state index >= 15 is 0 Å². The molecular weight excluding hydrogens is 174 g/mol. The highest BCUT2D eigenvalue weighted by Gasteiger charge is 2.58. The fraction of sp³-hybridized carbons (Fsp3) is 1.00. The van der Waals surface area contributed by atoms with Gasteiger partial charge in [0, 0.05) is 13.2 Å². The van der Waals surface area contributed by atoms with Crippen LogP contribution in [0.3, 0.4) is 0 Å². The maximum atomic E-state index is 5.38. The van der Waals surface area contributed by atoms with Gasteiger partial charge in [-0.2, -0.15) is 0 Å². The van der Waals surface area contributed by atoms with Crippen LogP contribution in [-0.4, -0.2) is 26.8 Å². The standard InChI is InChI=1S/C12H23NO/c1-8-10-5-9(6-11(8)13-3)12(10,2)7-14-4/h8-11,13H,5-7H2,1-4H3. The minimum Gasteiger partial charge on any atom is -0.384 e. The van der Waals surface area contributed by atoms with Crippen LogP contribution in [0.25, 0.3) is 0 Å². The molecule has 2 bridgehead atoms. The van der Waals surface area contributed by atoms with Crippen molar-refractivity contribution in [3.05, 3.63) is 0 Å². The molecule has 82 valence electrons. The van der Waals surface area contributed by atoms with Gasteiger partial charge in [0.25, 0.3) is 0 Å². The normalized spacial score (nSPS) is 51.4. The minimum absolute atomic E-state index is 0.474. The third-order valence-electron chi connectivity index (χ3n) is 4.95. The Bertz CT molecular complexity index is 218. The topological polar surface area (TPSA) is 21.3 Å². The van der Waals surface area contributed by atoms with Crippen molar-refractivity contribution in [1.82, 2.24) is 5.32 Å². The van der Waals surface area contributed by atoms with Crippen LogP contribution >= 0.6 is 0 Å². The fourth-order valence-corrected chi connectivity index (χ4v) is 3.89. The summed E-state index contributed by atoms with van der Waals surface area (Å²) in [7, 11) is 3.93. The molecule has 0 radical (unpaired) electrons. The number of ether oxygens (including phenoxy) is 1. The second-order valence-corrected chi connectivity index (χ2v) is 5.47. The van der Waals surface area contributed by atoms with Crippen LogP contribution in [0.15, 0.2) is 0 Å². The second-order valence-electron chi connectivity index (χ2n) is 5.47.